The molecule has 2 aromatic rings. The average molecular weight is 219 g/mol. The minimum absolute atomic E-state index is 0.249. The quantitative estimate of drug-likeness (QED) is 0.735. The normalized spacial score (nSPS) is 10.2. The van der Waals surface area contributed by atoms with Crippen LogP contribution >= 0.6 is 11.3 Å². The number of thiazole rings is 1. The molecule has 1 aromatic carbocycles. The van der Waals surface area contributed by atoms with E-state index in [1.165, 1.54) is 6.20 Å². The molecule has 3 nitrogen and oxygen atoms in total. The number of hydrogen-bond donors (Lipinski definition) is 0. The largest absolute Gasteiger partial charge is 0.314 e. The maximum absolute atomic E-state index is 11.8. The van der Waals surface area contributed by atoms with Crippen LogP contribution in [0.3, 0.4) is 0 Å². The van der Waals surface area contributed by atoms with E-state index >= 15 is 0 Å². The first kappa shape index (κ1) is 9.86. The van der Waals surface area contributed by atoms with Crippen molar-refractivity contribution in [2.45, 2.75) is 6.92 Å². The van der Waals surface area contributed by atoms with Gasteiger partial charge in [-0.05, 0) is 19.1 Å². The van der Waals surface area contributed by atoms with E-state index in [4.69, 9.17) is 0 Å². The molecule has 0 spiro atoms. The van der Waals surface area contributed by atoms with Crippen LogP contribution in [0.5, 0.6) is 0 Å². The van der Waals surface area contributed by atoms with E-state index in [-0.39, 0.29) is 10.8 Å². The minimum Gasteiger partial charge on any atom is -0.268 e. The summed E-state index contributed by atoms with van der Waals surface area (Å²) in [5.74, 6) is -0.277. The molecule has 0 aliphatic heterocycles. The topological polar surface area (TPSA) is 39.1 Å². The van der Waals surface area contributed by atoms with Crippen molar-refractivity contribution in [3.05, 3.63) is 56.6 Å². The van der Waals surface area contributed by atoms with Crippen molar-refractivity contribution in [1.29, 1.82) is 0 Å². The van der Waals surface area contributed by atoms with Crippen LogP contribution in [-0.2, 0) is 0 Å². The summed E-state index contributed by atoms with van der Waals surface area (Å²) in [6.45, 7) is 1.95. The molecule has 15 heavy (non-hydrogen) atoms. The number of aromatic nitrogens is 1. The summed E-state index contributed by atoms with van der Waals surface area (Å²) in [4.78, 5) is 22.8. The van der Waals surface area contributed by atoms with Crippen LogP contribution in [-0.4, -0.2) is 10.5 Å². The molecule has 0 fully saturated rings. The van der Waals surface area contributed by atoms with Gasteiger partial charge in [0.15, 0.2) is 0 Å². The Bertz CT molecular complexity index is 536. The Morgan fingerprint density at radius 3 is 2.47 bits per heavy atom. The number of nitrogens with zero attached hydrogens (tertiary/aromatic N) is 1. The predicted octanol–water partition coefficient (Wildman–Crippen LogP) is 1.91. The van der Waals surface area contributed by atoms with Crippen LogP contribution in [0.2, 0.25) is 0 Å². The standard InChI is InChI=1S/C11H9NO2S/c1-8-2-4-9(5-3-8)10(13)12-6-7-15-11(12)14/h2-7H,1H3. The first-order valence-corrected chi connectivity index (χ1v) is 5.34. The molecular formula is C11H9NO2S. The van der Waals surface area contributed by atoms with E-state index in [0.29, 0.717) is 5.56 Å². The summed E-state index contributed by atoms with van der Waals surface area (Å²) in [6.07, 6.45) is 1.50. The number of hydrogen-bond acceptors (Lipinski definition) is 3. The molecule has 0 saturated heterocycles. The average Bonchev–Trinajstić information content (AvgIpc) is 2.65. The van der Waals surface area contributed by atoms with Gasteiger partial charge >= 0.3 is 4.87 Å². The highest BCUT2D eigenvalue weighted by atomic mass is 32.1. The summed E-state index contributed by atoms with van der Waals surface area (Å²) in [7, 11) is 0. The van der Waals surface area contributed by atoms with Gasteiger partial charge in [-0.3, -0.25) is 9.59 Å². The Morgan fingerprint density at radius 2 is 1.93 bits per heavy atom. The molecule has 0 radical (unpaired) electrons. The van der Waals surface area contributed by atoms with Gasteiger partial charge < -0.3 is 0 Å². The highest BCUT2D eigenvalue weighted by molar-refractivity contribution is 7.07. The molecule has 0 saturated carbocycles. The minimum atomic E-state index is -0.277. The molecule has 1 aromatic heterocycles. The summed E-state index contributed by atoms with van der Waals surface area (Å²) >= 11 is 1.02. The van der Waals surface area contributed by atoms with Gasteiger partial charge in [-0.2, -0.15) is 0 Å². The molecule has 0 amide bonds. The third-order valence-corrected chi connectivity index (χ3v) is 2.75. The molecule has 76 valence electrons. The van der Waals surface area contributed by atoms with Gasteiger partial charge in [0.1, 0.15) is 0 Å². The first-order chi connectivity index (χ1) is 7.18. The lowest BCUT2D eigenvalue weighted by Gasteiger charge is -2.00. The Morgan fingerprint density at radius 1 is 1.27 bits per heavy atom. The van der Waals surface area contributed by atoms with Crippen molar-refractivity contribution < 1.29 is 4.79 Å². The third-order valence-electron chi connectivity index (χ3n) is 2.09. The number of rotatable bonds is 1. The Kier molecular flexibility index (Phi) is 2.51. The van der Waals surface area contributed by atoms with Crippen molar-refractivity contribution in [3.8, 4) is 0 Å². The highest BCUT2D eigenvalue weighted by Crippen LogP contribution is 2.05. The molecule has 1 heterocycles. The zero-order chi connectivity index (χ0) is 10.8. The van der Waals surface area contributed by atoms with Crippen molar-refractivity contribution in [1.82, 2.24) is 4.57 Å². The summed E-state index contributed by atoms with van der Waals surface area (Å²) < 4.78 is 1.12. The lowest BCUT2D eigenvalue weighted by atomic mass is 10.1. The predicted molar refractivity (Wildman–Crippen MR) is 59.5 cm³/mol. The van der Waals surface area contributed by atoms with Gasteiger partial charge in [0.2, 0.25) is 0 Å². The SMILES string of the molecule is Cc1ccc(C(=O)n2ccsc2=O)cc1. The van der Waals surface area contributed by atoms with Gasteiger partial charge in [0, 0.05) is 17.1 Å². The van der Waals surface area contributed by atoms with E-state index in [1.54, 1.807) is 17.5 Å². The van der Waals surface area contributed by atoms with Gasteiger partial charge in [-0.15, -0.1) is 0 Å². The molecule has 2 rings (SSSR count). The second-order valence-corrected chi connectivity index (χ2v) is 4.07. The van der Waals surface area contributed by atoms with Crippen LogP contribution < -0.4 is 4.87 Å². The smallest absolute Gasteiger partial charge is 0.268 e. The zero-order valence-corrected chi connectivity index (χ0v) is 8.95. The fourth-order valence-corrected chi connectivity index (χ4v) is 1.81. The maximum atomic E-state index is 11.8. The monoisotopic (exact) mass is 219 g/mol. The molecular weight excluding hydrogens is 210 g/mol. The zero-order valence-electron chi connectivity index (χ0n) is 8.14. The van der Waals surface area contributed by atoms with E-state index < -0.39 is 0 Å². The third kappa shape index (κ3) is 1.89. The number of aryl methyl sites for hydroxylation is 1. The summed E-state index contributed by atoms with van der Waals surface area (Å²) in [5.41, 5.74) is 1.62. The molecule has 4 heteroatoms. The summed E-state index contributed by atoms with van der Waals surface area (Å²) in [5, 5.41) is 1.61. The van der Waals surface area contributed by atoms with E-state index in [9.17, 15) is 9.59 Å². The molecule has 0 atom stereocenters. The molecule has 0 N–H and O–H groups in total. The van der Waals surface area contributed by atoms with Gasteiger partial charge in [0.05, 0.1) is 0 Å². The number of benzene rings is 1. The van der Waals surface area contributed by atoms with E-state index in [2.05, 4.69) is 0 Å². The second-order valence-electron chi connectivity index (χ2n) is 3.21. The highest BCUT2D eigenvalue weighted by Gasteiger charge is 2.09. The van der Waals surface area contributed by atoms with Crippen molar-refractivity contribution in [2.75, 3.05) is 0 Å². The van der Waals surface area contributed by atoms with Crippen molar-refractivity contribution in [3.63, 3.8) is 0 Å². The Labute approximate surface area is 90.6 Å². The molecule has 0 unspecified atom stereocenters. The maximum Gasteiger partial charge on any atom is 0.314 e. The molecule has 0 aliphatic rings. The Hall–Kier alpha value is -1.68. The lowest BCUT2D eigenvalue weighted by molar-refractivity contribution is 0.0958. The van der Waals surface area contributed by atoms with Crippen molar-refractivity contribution in [2.24, 2.45) is 0 Å². The van der Waals surface area contributed by atoms with E-state index in [1.807, 2.05) is 19.1 Å². The second kappa shape index (κ2) is 3.82. The van der Waals surface area contributed by atoms with Crippen LogP contribution in [0.1, 0.15) is 15.9 Å². The van der Waals surface area contributed by atoms with Crippen LogP contribution in [0, 0.1) is 6.92 Å². The van der Waals surface area contributed by atoms with Crippen LogP contribution in [0.4, 0.5) is 0 Å². The van der Waals surface area contributed by atoms with Gasteiger partial charge in [-0.1, -0.05) is 29.0 Å². The van der Waals surface area contributed by atoms with Gasteiger partial charge in [-0.25, -0.2) is 4.57 Å². The fraction of sp³-hybridized carbons (Fsp3) is 0.0909. The van der Waals surface area contributed by atoms with E-state index in [0.717, 1.165) is 21.5 Å². The lowest BCUT2D eigenvalue weighted by Crippen LogP contribution is -2.21. The fourth-order valence-electron chi connectivity index (χ4n) is 1.25. The van der Waals surface area contributed by atoms with Crippen LogP contribution in [0.15, 0.2) is 40.6 Å². The molecule has 0 aliphatic carbocycles. The number of carbonyl (C=O) groups is 1. The van der Waals surface area contributed by atoms with Crippen molar-refractivity contribution >= 4 is 17.2 Å². The van der Waals surface area contributed by atoms with Crippen LogP contribution in [0.25, 0.3) is 0 Å². The Balaban J connectivity index is 2.41. The van der Waals surface area contributed by atoms with Gasteiger partial charge in [0.25, 0.3) is 5.91 Å². The first-order valence-electron chi connectivity index (χ1n) is 4.46. The molecule has 0 bridgehead atoms. The summed E-state index contributed by atoms with van der Waals surface area (Å²) in [6, 6.07) is 7.15. The number of carbonyl (C=O) groups excluding carboxylic acids is 1.